The zero-order valence-electron chi connectivity index (χ0n) is 21.4. The van der Waals surface area contributed by atoms with Gasteiger partial charge in [0, 0.05) is 12.3 Å². The number of aliphatic hydroxyl groups excluding tert-OH is 1. The molecule has 0 aromatic carbocycles. The lowest BCUT2D eigenvalue weighted by Gasteiger charge is -2.36. The highest BCUT2D eigenvalue weighted by atomic mass is 28.4. The number of H-pyrrole nitrogens is 1. The maximum absolute atomic E-state index is 12.4. The van der Waals surface area contributed by atoms with Crippen molar-refractivity contribution < 1.29 is 28.8 Å². The van der Waals surface area contributed by atoms with Crippen LogP contribution in [0, 0.1) is 0 Å². The largest absolute Gasteiger partial charge is 0.387 e. The van der Waals surface area contributed by atoms with Crippen LogP contribution in [0.3, 0.4) is 0 Å². The molecule has 1 aliphatic heterocycles. The molecule has 1 saturated heterocycles. The van der Waals surface area contributed by atoms with Gasteiger partial charge in [-0.3, -0.25) is 23.5 Å². The Kier molecular flexibility index (Phi) is 8.40. The second-order valence-corrected chi connectivity index (χ2v) is 21.0. The Balaban J connectivity index is 2.23. The molecule has 0 radical (unpaired) electrons. The van der Waals surface area contributed by atoms with Crippen LogP contribution in [0.2, 0.25) is 36.3 Å². The molecule has 0 saturated carbocycles. The van der Waals surface area contributed by atoms with E-state index in [4.69, 9.17) is 23.7 Å². The van der Waals surface area contributed by atoms with Crippen molar-refractivity contribution in [3.05, 3.63) is 33.1 Å². The molecule has 2 heterocycles. The number of hydrogen-bond donors (Lipinski definition) is 2. The Morgan fingerprint density at radius 1 is 1.03 bits per heavy atom. The first kappa shape index (κ1) is 28.1. The van der Waals surface area contributed by atoms with Crippen molar-refractivity contribution in [3.8, 4) is 0 Å². The van der Waals surface area contributed by atoms with Crippen LogP contribution < -0.4 is 11.2 Å². The Hall–Kier alpha value is -1.13. The summed E-state index contributed by atoms with van der Waals surface area (Å²) < 4.78 is 18.7. The SMILES string of the molecule is CC(C)(C)[Si](C)(C)OOC[C@@H]1O[C@H](n2ccc(=O)[nH]c2=O)C(OO[Si](C)(C)C(C)(C)C)C1O. The number of aromatic nitrogens is 2. The van der Waals surface area contributed by atoms with Crippen molar-refractivity contribution in [1.82, 2.24) is 9.55 Å². The molecule has 190 valence electrons. The molecule has 0 spiro atoms. The van der Waals surface area contributed by atoms with E-state index in [0.29, 0.717) is 0 Å². The molecule has 0 aliphatic carbocycles. The molecule has 0 bridgehead atoms. The van der Waals surface area contributed by atoms with Gasteiger partial charge in [0.05, 0.1) is 0 Å². The fourth-order valence-corrected chi connectivity index (χ4v) is 3.70. The summed E-state index contributed by atoms with van der Waals surface area (Å²) in [6.07, 6.45) is -2.76. The third kappa shape index (κ3) is 6.51. The zero-order chi connectivity index (χ0) is 25.4. The van der Waals surface area contributed by atoms with Crippen LogP contribution in [0.15, 0.2) is 21.9 Å². The normalized spacial score (nSPS) is 24.9. The number of ether oxygens (including phenoxy) is 1. The lowest BCUT2D eigenvalue weighted by molar-refractivity contribution is -0.287. The van der Waals surface area contributed by atoms with Crippen LogP contribution >= 0.6 is 0 Å². The first-order chi connectivity index (χ1) is 14.9. The van der Waals surface area contributed by atoms with Crippen molar-refractivity contribution in [3.63, 3.8) is 0 Å². The van der Waals surface area contributed by atoms with Crippen LogP contribution in [0.4, 0.5) is 0 Å². The number of nitrogens with one attached hydrogen (secondary N) is 1. The third-order valence-electron chi connectivity index (χ3n) is 6.92. The Morgan fingerprint density at radius 2 is 1.58 bits per heavy atom. The van der Waals surface area contributed by atoms with Gasteiger partial charge in [0.15, 0.2) is 12.3 Å². The van der Waals surface area contributed by atoms with Crippen LogP contribution in [0.5, 0.6) is 0 Å². The van der Waals surface area contributed by atoms with E-state index in [1.165, 1.54) is 16.8 Å². The monoisotopic (exact) mass is 504 g/mol. The average Bonchev–Trinajstić information content (AvgIpc) is 2.94. The fraction of sp³-hybridized carbons (Fsp3) is 0.810. The molecule has 12 heteroatoms. The van der Waals surface area contributed by atoms with Gasteiger partial charge in [-0.1, -0.05) is 41.5 Å². The van der Waals surface area contributed by atoms with E-state index in [-0.39, 0.29) is 16.7 Å². The Morgan fingerprint density at radius 3 is 2.09 bits per heavy atom. The van der Waals surface area contributed by atoms with Crippen molar-refractivity contribution in [2.45, 2.75) is 102 Å². The van der Waals surface area contributed by atoms with Gasteiger partial charge in [0.1, 0.15) is 18.8 Å². The number of aromatic amines is 1. The van der Waals surface area contributed by atoms with Gasteiger partial charge in [-0.05, 0) is 36.3 Å². The Labute approximate surface area is 197 Å². The first-order valence-corrected chi connectivity index (χ1v) is 17.0. The van der Waals surface area contributed by atoms with E-state index in [2.05, 4.69) is 46.5 Å². The minimum Gasteiger partial charge on any atom is -0.387 e. The van der Waals surface area contributed by atoms with Crippen molar-refractivity contribution in [2.75, 3.05) is 6.61 Å². The number of nitrogens with zero attached hydrogens (tertiary/aromatic N) is 1. The number of aliphatic hydroxyl groups is 1. The molecule has 1 aromatic rings. The molecule has 2 rings (SSSR count). The summed E-state index contributed by atoms with van der Waals surface area (Å²) in [5.41, 5.74) is -1.22. The van der Waals surface area contributed by atoms with Gasteiger partial charge in [-0.2, -0.15) is 0 Å². The standard InChI is InChI=1S/C21H40N2O8Si2/c1-20(2,3)32(7,8)30-27-13-14-16(25)17(29-31-33(9,10)21(4,5)6)18(28-14)23-12-11-15(24)22-19(23)26/h11-12,14,16-18,25H,13H2,1-10H3,(H,22,24,26)/t14-,16?,17?,18-/m0/s1. The van der Waals surface area contributed by atoms with Gasteiger partial charge in [0.2, 0.25) is 16.6 Å². The van der Waals surface area contributed by atoms with E-state index in [1.807, 2.05) is 26.2 Å². The predicted octanol–water partition coefficient (Wildman–Crippen LogP) is 3.07. The van der Waals surface area contributed by atoms with Crippen molar-refractivity contribution in [1.29, 1.82) is 0 Å². The van der Waals surface area contributed by atoms with Crippen LogP contribution in [0.25, 0.3) is 0 Å². The van der Waals surface area contributed by atoms with E-state index >= 15 is 0 Å². The predicted molar refractivity (Wildman–Crippen MR) is 129 cm³/mol. The summed E-state index contributed by atoms with van der Waals surface area (Å²) in [5.74, 6) is 0. The summed E-state index contributed by atoms with van der Waals surface area (Å²) in [7, 11) is -4.51. The molecule has 4 atom stereocenters. The third-order valence-corrected chi connectivity index (χ3v) is 15.2. The van der Waals surface area contributed by atoms with Crippen LogP contribution in [-0.4, -0.2) is 56.2 Å². The van der Waals surface area contributed by atoms with Gasteiger partial charge in [-0.25, -0.2) is 14.6 Å². The number of rotatable bonds is 8. The molecular weight excluding hydrogens is 464 g/mol. The lowest BCUT2D eigenvalue weighted by Crippen LogP contribution is -2.45. The van der Waals surface area contributed by atoms with Gasteiger partial charge < -0.3 is 9.84 Å². The van der Waals surface area contributed by atoms with E-state index < -0.39 is 52.4 Å². The highest BCUT2D eigenvalue weighted by Gasteiger charge is 2.49. The molecule has 10 nitrogen and oxygen atoms in total. The molecule has 1 aliphatic rings. The quantitative estimate of drug-likeness (QED) is 0.315. The topological polar surface area (TPSA) is 121 Å². The van der Waals surface area contributed by atoms with E-state index in [1.54, 1.807) is 0 Å². The smallest absolute Gasteiger partial charge is 0.330 e. The maximum atomic E-state index is 12.4. The zero-order valence-corrected chi connectivity index (χ0v) is 23.4. The lowest BCUT2D eigenvalue weighted by atomic mass is 10.1. The second-order valence-electron chi connectivity index (χ2n) is 11.6. The summed E-state index contributed by atoms with van der Waals surface area (Å²) >= 11 is 0. The molecule has 0 amide bonds. The highest BCUT2D eigenvalue weighted by Crippen LogP contribution is 2.39. The Bertz CT molecular complexity index is 916. The fourth-order valence-electron chi connectivity index (χ4n) is 2.49. The van der Waals surface area contributed by atoms with Crippen LogP contribution in [-0.2, 0) is 23.7 Å². The summed E-state index contributed by atoms with van der Waals surface area (Å²) in [6.45, 7) is 20.5. The van der Waals surface area contributed by atoms with E-state index in [0.717, 1.165) is 0 Å². The molecule has 2 N–H and O–H groups in total. The molecule has 1 aromatic heterocycles. The minimum absolute atomic E-state index is 0.0590. The summed E-state index contributed by atoms with van der Waals surface area (Å²) in [6, 6.07) is 1.20. The molecular formula is C21H40N2O8Si2. The van der Waals surface area contributed by atoms with Gasteiger partial charge >= 0.3 is 5.69 Å². The number of hydrogen-bond acceptors (Lipinski definition) is 8. The molecule has 33 heavy (non-hydrogen) atoms. The van der Waals surface area contributed by atoms with Crippen molar-refractivity contribution in [2.24, 2.45) is 0 Å². The van der Waals surface area contributed by atoms with Crippen LogP contribution in [0.1, 0.15) is 47.8 Å². The molecule has 2 unspecified atom stereocenters. The highest BCUT2D eigenvalue weighted by molar-refractivity contribution is 6.74. The maximum Gasteiger partial charge on any atom is 0.330 e. The van der Waals surface area contributed by atoms with Gasteiger partial charge in [0.25, 0.3) is 5.56 Å². The second kappa shape index (κ2) is 9.86. The first-order valence-electron chi connectivity index (χ1n) is 11.2. The average molecular weight is 505 g/mol. The minimum atomic E-state index is -2.33. The van der Waals surface area contributed by atoms with Crippen molar-refractivity contribution >= 4 is 16.6 Å². The van der Waals surface area contributed by atoms with E-state index in [9.17, 15) is 14.7 Å². The molecule has 1 fully saturated rings. The summed E-state index contributed by atoms with van der Waals surface area (Å²) in [5, 5.41) is 10.8. The van der Waals surface area contributed by atoms with Gasteiger partial charge in [-0.15, -0.1) is 0 Å². The summed E-state index contributed by atoms with van der Waals surface area (Å²) in [4.78, 5) is 37.4.